The van der Waals surface area contributed by atoms with E-state index in [1.54, 1.807) is 6.92 Å². The quantitative estimate of drug-likeness (QED) is 0.201. The number of nitrogens with zero attached hydrogens (tertiary/aromatic N) is 2. The van der Waals surface area contributed by atoms with Crippen LogP contribution >= 0.6 is 23.2 Å². The molecule has 0 aliphatic heterocycles. The van der Waals surface area contributed by atoms with Crippen molar-refractivity contribution >= 4 is 55.1 Å². The van der Waals surface area contributed by atoms with Gasteiger partial charge in [0.2, 0.25) is 0 Å². The molecule has 2 rings (SSSR count). The number of aromatic nitrogens is 1. The Hall–Kier alpha value is -2.68. The third kappa shape index (κ3) is 6.35. The summed E-state index contributed by atoms with van der Waals surface area (Å²) < 4.78 is 104. The molecular weight excluding hydrogens is 575 g/mol. The number of aryl methyl sites for hydroxylation is 1. The van der Waals surface area contributed by atoms with Crippen molar-refractivity contribution in [1.82, 2.24) is 4.57 Å². The van der Waals surface area contributed by atoms with Crippen LogP contribution < -0.4 is 9.74 Å². The van der Waals surface area contributed by atoms with Gasteiger partial charge >= 0.3 is 15.6 Å². The van der Waals surface area contributed by atoms with E-state index < -0.39 is 57.5 Å². The van der Waals surface area contributed by atoms with Gasteiger partial charge in [-0.1, -0.05) is 35.3 Å². The van der Waals surface area contributed by atoms with Gasteiger partial charge in [-0.05, 0) is 26.0 Å². The fourth-order valence-electron chi connectivity index (χ4n) is 2.64. The average Bonchev–Trinajstić information content (AvgIpc) is 2.74. The van der Waals surface area contributed by atoms with Gasteiger partial charge in [0.15, 0.2) is 21.4 Å². The van der Waals surface area contributed by atoms with Crippen LogP contribution in [0.4, 0.5) is 17.6 Å². The Labute approximate surface area is 213 Å². The van der Waals surface area contributed by atoms with E-state index in [-0.39, 0.29) is 17.0 Å². The highest BCUT2D eigenvalue weighted by atomic mass is 35.5. The fraction of sp³-hybridized carbons (Fsp3) is 0.200. The standard InChI is InChI=1S/C20H16Cl2F4N2O6S2/c1-4-8-27-18(12-6-5-7-15(17(12)23)35(3,30)31)13(21)10-28-11(2)9-14(16(22)19(28)29)34-36(32,33)20(24,25)26/h4-10H,1-3H3/b8-4+,13-10-,27-18+. The molecule has 0 aliphatic rings. The number of allylic oxidation sites excluding steroid dienone is 2. The lowest BCUT2D eigenvalue weighted by Crippen LogP contribution is -2.29. The van der Waals surface area contributed by atoms with Gasteiger partial charge in [0.05, 0.1) is 10.7 Å². The molecule has 36 heavy (non-hydrogen) atoms. The minimum absolute atomic E-state index is 0.175. The molecule has 16 heteroatoms. The maximum Gasteiger partial charge on any atom is 0.534 e. The number of sulfone groups is 1. The van der Waals surface area contributed by atoms with Crippen molar-refractivity contribution in [2.75, 3.05) is 6.26 Å². The van der Waals surface area contributed by atoms with Crippen LogP contribution in [0.25, 0.3) is 6.20 Å². The Bertz CT molecular complexity index is 1560. The summed E-state index contributed by atoms with van der Waals surface area (Å²) >= 11 is 12.0. The monoisotopic (exact) mass is 590 g/mol. The molecule has 0 N–H and O–H groups in total. The van der Waals surface area contributed by atoms with Gasteiger partial charge in [0.25, 0.3) is 5.56 Å². The molecule has 0 bridgehead atoms. The first-order valence-corrected chi connectivity index (χ1v) is 13.5. The number of halogens is 6. The smallest absolute Gasteiger partial charge is 0.374 e. The second-order valence-electron chi connectivity index (χ2n) is 6.95. The van der Waals surface area contributed by atoms with Gasteiger partial charge in [-0.25, -0.2) is 12.8 Å². The summed E-state index contributed by atoms with van der Waals surface area (Å²) in [6, 6.07) is 4.19. The molecule has 8 nitrogen and oxygen atoms in total. The topological polar surface area (TPSA) is 112 Å². The first-order valence-electron chi connectivity index (χ1n) is 9.40. The highest BCUT2D eigenvalue weighted by Gasteiger charge is 2.49. The maximum atomic E-state index is 15.0. The van der Waals surface area contributed by atoms with E-state index in [9.17, 15) is 34.8 Å². The molecule has 0 fully saturated rings. The molecule has 0 saturated heterocycles. The van der Waals surface area contributed by atoms with Crippen LogP contribution in [0.3, 0.4) is 0 Å². The van der Waals surface area contributed by atoms with E-state index in [0.29, 0.717) is 0 Å². The largest absolute Gasteiger partial charge is 0.534 e. The summed E-state index contributed by atoms with van der Waals surface area (Å²) in [5.74, 6) is -2.25. The van der Waals surface area contributed by atoms with Gasteiger partial charge in [0.1, 0.15) is 9.92 Å². The molecule has 1 heterocycles. The highest BCUT2D eigenvalue weighted by Crippen LogP contribution is 2.31. The van der Waals surface area contributed by atoms with E-state index in [4.69, 9.17) is 23.2 Å². The van der Waals surface area contributed by atoms with Crippen LogP contribution in [0.5, 0.6) is 5.75 Å². The third-order valence-corrected chi connectivity index (χ3v) is 6.97. The molecule has 0 radical (unpaired) electrons. The fourth-order valence-corrected chi connectivity index (χ4v) is 4.35. The lowest BCUT2D eigenvalue weighted by atomic mass is 10.1. The second kappa shape index (κ2) is 10.7. The first-order chi connectivity index (χ1) is 16.4. The van der Waals surface area contributed by atoms with E-state index in [0.717, 1.165) is 29.2 Å². The zero-order valence-corrected chi connectivity index (χ0v) is 21.6. The predicted molar refractivity (Wildman–Crippen MR) is 127 cm³/mol. The van der Waals surface area contributed by atoms with E-state index in [1.807, 2.05) is 0 Å². The van der Waals surface area contributed by atoms with Gasteiger partial charge in [0, 0.05) is 36.0 Å². The average molecular weight is 591 g/mol. The van der Waals surface area contributed by atoms with Crippen molar-refractivity contribution in [3.8, 4) is 5.75 Å². The molecule has 1 aromatic carbocycles. The lowest BCUT2D eigenvalue weighted by Gasteiger charge is -2.14. The van der Waals surface area contributed by atoms with E-state index >= 15 is 4.39 Å². The van der Waals surface area contributed by atoms with Crippen molar-refractivity contribution in [1.29, 1.82) is 0 Å². The molecule has 1 aromatic heterocycles. The number of hydrogen-bond donors (Lipinski definition) is 0. The van der Waals surface area contributed by atoms with Crippen LogP contribution in [0.1, 0.15) is 18.2 Å². The molecule has 0 aliphatic carbocycles. The van der Waals surface area contributed by atoms with Crippen LogP contribution in [-0.2, 0) is 20.0 Å². The number of aliphatic imine (C=N–C) groups is 1. The molecule has 0 unspecified atom stereocenters. The van der Waals surface area contributed by atoms with Crippen molar-refractivity contribution < 1.29 is 38.6 Å². The molecule has 0 spiro atoms. The summed E-state index contributed by atoms with van der Waals surface area (Å²) in [6.45, 7) is 2.77. The van der Waals surface area contributed by atoms with Crippen LogP contribution in [-0.4, -0.2) is 38.9 Å². The van der Waals surface area contributed by atoms with Crippen LogP contribution in [0, 0.1) is 12.7 Å². The number of benzene rings is 1. The van der Waals surface area contributed by atoms with Gasteiger partial charge in [-0.2, -0.15) is 21.6 Å². The predicted octanol–water partition coefficient (Wildman–Crippen LogP) is 4.64. The Morgan fingerprint density at radius 1 is 1.19 bits per heavy atom. The van der Waals surface area contributed by atoms with Gasteiger partial charge in [-0.15, -0.1) is 0 Å². The van der Waals surface area contributed by atoms with Gasteiger partial charge < -0.3 is 4.18 Å². The number of rotatable bonds is 7. The lowest BCUT2D eigenvalue weighted by molar-refractivity contribution is -0.0500. The number of alkyl halides is 3. The minimum Gasteiger partial charge on any atom is -0.374 e. The van der Waals surface area contributed by atoms with Crippen molar-refractivity contribution in [2.45, 2.75) is 24.3 Å². The summed E-state index contributed by atoms with van der Waals surface area (Å²) in [7, 11) is -10.1. The molecular formula is C20H16Cl2F4N2O6S2. The highest BCUT2D eigenvalue weighted by molar-refractivity contribution is 7.90. The molecule has 0 saturated carbocycles. The maximum absolute atomic E-state index is 15.0. The summed E-state index contributed by atoms with van der Waals surface area (Å²) in [6.07, 6.45) is 4.34. The molecule has 0 amide bonds. The Morgan fingerprint density at radius 3 is 2.33 bits per heavy atom. The van der Waals surface area contributed by atoms with Crippen LogP contribution in [0.2, 0.25) is 5.02 Å². The minimum atomic E-state index is -6.11. The van der Waals surface area contributed by atoms with Crippen molar-refractivity contribution in [3.63, 3.8) is 0 Å². The Kier molecular flexibility index (Phi) is 8.82. The zero-order valence-electron chi connectivity index (χ0n) is 18.5. The summed E-state index contributed by atoms with van der Waals surface area (Å²) in [4.78, 5) is 16.0. The number of pyridine rings is 1. The van der Waals surface area contributed by atoms with Gasteiger partial charge in [-0.3, -0.25) is 14.4 Å². The van der Waals surface area contributed by atoms with Crippen LogP contribution in [0.15, 0.2) is 56.3 Å². The van der Waals surface area contributed by atoms with E-state index in [1.165, 1.54) is 31.3 Å². The molecule has 0 atom stereocenters. The summed E-state index contributed by atoms with van der Waals surface area (Å²) in [5, 5.41) is -1.43. The van der Waals surface area contributed by atoms with E-state index in [2.05, 4.69) is 9.18 Å². The first kappa shape index (κ1) is 29.5. The summed E-state index contributed by atoms with van der Waals surface area (Å²) in [5.41, 5.74) is -7.82. The second-order valence-corrected chi connectivity index (χ2v) is 11.3. The Morgan fingerprint density at radius 2 is 1.81 bits per heavy atom. The molecule has 196 valence electrons. The third-order valence-electron chi connectivity index (χ3n) is 4.27. The molecule has 2 aromatic rings. The number of hydrogen-bond acceptors (Lipinski definition) is 7. The zero-order chi connectivity index (χ0) is 27.6. The Balaban J connectivity index is 2.71. The van der Waals surface area contributed by atoms with Crippen molar-refractivity contribution in [3.05, 3.63) is 74.0 Å². The SMILES string of the molecule is C/C=C/N=C(/C(Cl)=C/n1c(C)cc(OS(=O)(=O)C(F)(F)F)c(Cl)c1=O)c1cccc(S(C)(=O)=O)c1F. The van der Waals surface area contributed by atoms with Crippen molar-refractivity contribution in [2.24, 2.45) is 4.99 Å². The normalized spacial score (nSPS) is 13.9.